The number of hydrogen-bond donors (Lipinski definition) is 3. The van der Waals surface area contributed by atoms with Crippen molar-refractivity contribution in [2.24, 2.45) is 5.84 Å². The van der Waals surface area contributed by atoms with Gasteiger partial charge in [0.2, 0.25) is 0 Å². The highest BCUT2D eigenvalue weighted by Crippen LogP contribution is 2.42. The predicted octanol–water partition coefficient (Wildman–Crippen LogP) is 4.42. The van der Waals surface area contributed by atoms with Crippen molar-refractivity contribution in [2.75, 3.05) is 0 Å². The molecule has 3 aromatic carbocycles. The second-order valence-corrected chi connectivity index (χ2v) is 7.87. The molecule has 3 aromatic rings. The summed E-state index contributed by atoms with van der Waals surface area (Å²) in [5.41, 5.74) is 5.92. The van der Waals surface area contributed by atoms with Crippen LogP contribution in [0, 0.1) is 0 Å². The van der Waals surface area contributed by atoms with Gasteiger partial charge in [-0.1, -0.05) is 80.6 Å². The molecule has 0 aliphatic heterocycles. The van der Waals surface area contributed by atoms with E-state index in [0.717, 1.165) is 23.1 Å². The largest absolute Gasteiger partial charge is 0.478 e. The van der Waals surface area contributed by atoms with Crippen LogP contribution in [0.4, 0.5) is 0 Å². The molecule has 0 aliphatic rings. The number of benzene rings is 3. The van der Waals surface area contributed by atoms with E-state index in [1.807, 2.05) is 67.6 Å². The van der Waals surface area contributed by atoms with Gasteiger partial charge in [0.05, 0.1) is 11.0 Å². The molecule has 1 atom stereocenters. The van der Waals surface area contributed by atoms with Gasteiger partial charge in [-0.05, 0) is 46.7 Å². The fourth-order valence-electron chi connectivity index (χ4n) is 4.68. The van der Waals surface area contributed by atoms with Gasteiger partial charge in [0.1, 0.15) is 0 Å². The number of nitrogens with two attached hydrogens (primary N) is 1. The second kappa shape index (κ2) is 10.4. The number of rotatable bonds is 10. The van der Waals surface area contributed by atoms with E-state index in [2.05, 4.69) is 12.3 Å². The zero-order chi connectivity index (χ0) is 23.1. The number of nitrogens with one attached hydrogen (secondary N) is 1. The molecule has 0 aliphatic carbocycles. The maximum Gasteiger partial charge on any atom is 0.336 e. The Bertz CT molecular complexity index is 1100. The first-order valence-corrected chi connectivity index (χ1v) is 10.9. The first-order chi connectivity index (χ1) is 15.5. The van der Waals surface area contributed by atoms with Gasteiger partial charge in [-0.3, -0.25) is 16.1 Å². The monoisotopic (exact) mass is 430 g/mol. The van der Waals surface area contributed by atoms with E-state index in [4.69, 9.17) is 5.84 Å². The Morgan fingerprint density at radius 2 is 1.56 bits per heavy atom. The quantitative estimate of drug-likeness (QED) is 0.327. The van der Waals surface area contributed by atoms with Gasteiger partial charge < -0.3 is 5.11 Å². The van der Waals surface area contributed by atoms with Gasteiger partial charge >= 0.3 is 5.97 Å². The van der Waals surface area contributed by atoms with Crippen molar-refractivity contribution in [2.45, 2.75) is 45.1 Å². The van der Waals surface area contributed by atoms with E-state index in [0.29, 0.717) is 17.5 Å². The number of aromatic carboxylic acids is 1. The highest BCUT2D eigenvalue weighted by molar-refractivity contribution is 5.97. The van der Waals surface area contributed by atoms with Crippen molar-refractivity contribution < 1.29 is 14.7 Å². The van der Waals surface area contributed by atoms with Crippen molar-refractivity contribution in [3.05, 3.63) is 106 Å². The maximum absolute atomic E-state index is 14.2. The highest BCUT2D eigenvalue weighted by atomic mass is 16.4. The molecule has 0 heterocycles. The van der Waals surface area contributed by atoms with Crippen LogP contribution in [0.5, 0.6) is 0 Å². The number of carbonyl (C=O) groups is 2. The SMILES string of the molecule is CCc1ccccc1C(CC)(C(=O)Cc1ccccc1)c1cccc(C(=O)O)c1CNN. The van der Waals surface area contributed by atoms with Crippen molar-refractivity contribution >= 4 is 11.8 Å². The molecule has 0 bridgehead atoms. The van der Waals surface area contributed by atoms with Crippen molar-refractivity contribution in [3.8, 4) is 0 Å². The summed E-state index contributed by atoms with van der Waals surface area (Å²) >= 11 is 0. The normalized spacial score (nSPS) is 12.8. The minimum atomic E-state index is -1.04. The Morgan fingerprint density at radius 1 is 0.906 bits per heavy atom. The summed E-state index contributed by atoms with van der Waals surface area (Å²) < 4.78 is 0. The molecular formula is C27H30N2O3. The van der Waals surface area contributed by atoms with Gasteiger partial charge in [0, 0.05) is 13.0 Å². The first-order valence-electron chi connectivity index (χ1n) is 10.9. The topological polar surface area (TPSA) is 92.4 Å². The van der Waals surface area contributed by atoms with Crippen LogP contribution in [-0.2, 0) is 29.6 Å². The minimum absolute atomic E-state index is 0.0351. The van der Waals surface area contributed by atoms with Gasteiger partial charge in [-0.25, -0.2) is 4.79 Å². The third kappa shape index (κ3) is 4.35. The molecule has 4 N–H and O–H groups in total. The van der Waals surface area contributed by atoms with Crippen molar-refractivity contribution in [3.63, 3.8) is 0 Å². The summed E-state index contributed by atoms with van der Waals surface area (Å²) in [5.74, 6) is 4.64. The van der Waals surface area contributed by atoms with E-state index in [9.17, 15) is 14.7 Å². The van der Waals surface area contributed by atoms with Crippen LogP contribution in [0.3, 0.4) is 0 Å². The summed E-state index contributed by atoms with van der Waals surface area (Å²) in [6, 6.07) is 22.8. The van der Waals surface area contributed by atoms with Crippen molar-refractivity contribution in [1.29, 1.82) is 0 Å². The molecule has 1 unspecified atom stereocenters. The lowest BCUT2D eigenvalue weighted by Gasteiger charge is -2.36. The smallest absolute Gasteiger partial charge is 0.336 e. The molecule has 32 heavy (non-hydrogen) atoms. The Morgan fingerprint density at radius 3 is 2.19 bits per heavy atom. The van der Waals surface area contributed by atoms with Crippen LogP contribution < -0.4 is 11.3 Å². The number of hydrogen-bond acceptors (Lipinski definition) is 4. The molecular weight excluding hydrogens is 400 g/mol. The number of hydrazine groups is 1. The Labute approximate surface area is 189 Å². The van der Waals surface area contributed by atoms with E-state index < -0.39 is 11.4 Å². The minimum Gasteiger partial charge on any atom is -0.478 e. The van der Waals surface area contributed by atoms with E-state index in [-0.39, 0.29) is 24.3 Å². The summed E-state index contributed by atoms with van der Waals surface area (Å²) in [4.78, 5) is 26.2. The number of carbonyl (C=O) groups excluding carboxylic acids is 1. The van der Waals surface area contributed by atoms with Crippen LogP contribution in [0.15, 0.2) is 72.8 Å². The number of Topliss-reactive ketones (excluding diaryl/α,β-unsaturated/α-hetero) is 1. The van der Waals surface area contributed by atoms with Gasteiger partial charge in [-0.15, -0.1) is 0 Å². The fourth-order valence-corrected chi connectivity index (χ4v) is 4.68. The molecule has 5 heteroatoms. The van der Waals surface area contributed by atoms with Gasteiger partial charge in [-0.2, -0.15) is 0 Å². The lowest BCUT2D eigenvalue weighted by Crippen LogP contribution is -2.41. The van der Waals surface area contributed by atoms with Crippen LogP contribution in [-0.4, -0.2) is 16.9 Å². The zero-order valence-corrected chi connectivity index (χ0v) is 18.6. The molecule has 0 saturated carbocycles. The molecule has 0 amide bonds. The fraction of sp³-hybridized carbons (Fsp3) is 0.259. The van der Waals surface area contributed by atoms with Crippen LogP contribution >= 0.6 is 0 Å². The Balaban J connectivity index is 2.34. The van der Waals surface area contributed by atoms with Crippen molar-refractivity contribution in [1.82, 2.24) is 5.43 Å². The molecule has 0 spiro atoms. The number of aryl methyl sites for hydroxylation is 1. The van der Waals surface area contributed by atoms with Crippen LogP contribution in [0.1, 0.15) is 58.4 Å². The Kier molecular flexibility index (Phi) is 7.57. The van der Waals surface area contributed by atoms with Gasteiger partial charge in [0.25, 0.3) is 0 Å². The molecule has 0 aromatic heterocycles. The molecule has 0 fully saturated rings. The zero-order valence-electron chi connectivity index (χ0n) is 18.6. The number of carboxylic acids is 1. The molecule has 166 valence electrons. The molecule has 3 rings (SSSR count). The van der Waals surface area contributed by atoms with E-state index in [1.165, 1.54) is 0 Å². The molecule has 5 nitrogen and oxygen atoms in total. The average Bonchev–Trinajstić information content (AvgIpc) is 2.81. The predicted molar refractivity (Wildman–Crippen MR) is 126 cm³/mol. The van der Waals surface area contributed by atoms with Crippen LogP contribution in [0.25, 0.3) is 0 Å². The third-order valence-corrected chi connectivity index (χ3v) is 6.22. The summed E-state index contributed by atoms with van der Waals surface area (Å²) in [6.07, 6.45) is 1.51. The molecule has 0 radical (unpaired) electrons. The summed E-state index contributed by atoms with van der Waals surface area (Å²) in [7, 11) is 0. The maximum atomic E-state index is 14.2. The summed E-state index contributed by atoms with van der Waals surface area (Å²) in [6.45, 7) is 4.20. The average molecular weight is 431 g/mol. The lowest BCUT2D eigenvalue weighted by molar-refractivity contribution is -0.122. The third-order valence-electron chi connectivity index (χ3n) is 6.22. The standard InChI is InChI=1S/C27H30N2O3/c1-3-20-13-8-9-15-23(20)27(4-2,25(30)17-19-11-6-5-7-12-19)24-16-10-14-21(26(31)32)22(24)18-29-28/h5-16,29H,3-4,17-18,28H2,1-2H3,(H,31,32). The first kappa shape index (κ1) is 23.4. The number of ketones is 1. The Hall–Kier alpha value is -3.28. The van der Waals surface area contributed by atoms with E-state index in [1.54, 1.807) is 12.1 Å². The molecule has 0 saturated heterocycles. The highest BCUT2D eigenvalue weighted by Gasteiger charge is 2.43. The van der Waals surface area contributed by atoms with E-state index >= 15 is 0 Å². The number of carboxylic acid groups (broad SMARTS) is 1. The second-order valence-electron chi connectivity index (χ2n) is 7.87. The summed E-state index contributed by atoms with van der Waals surface area (Å²) in [5, 5.41) is 9.85. The lowest BCUT2D eigenvalue weighted by atomic mass is 9.65. The van der Waals surface area contributed by atoms with Crippen LogP contribution in [0.2, 0.25) is 0 Å². The van der Waals surface area contributed by atoms with Gasteiger partial charge in [0.15, 0.2) is 5.78 Å².